The summed E-state index contributed by atoms with van der Waals surface area (Å²) in [6.45, 7) is 1.83. The highest BCUT2D eigenvalue weighted by Gasteiger charge is 2.30. The zero-order chi connectivity index (χ0) is 23.1. The van der Waals surface area contributed by atoms with Crippen molar-refractivity contribution < 1.29 is 22.6 Å². The average Bonchev–Trinajstić information content (AvgIpc) is 2.80. The fraction of sp³-hybridized carbons (Fsp3) is 0.273. The molecule has 0 N–H and O–H groups in total. The molecule has 0 bridgehead atoms. The molecule has 0 amide bonds. The molecule has 8 nitrogen and oxygen atoms in total. The number of nitrogens with zero attached hydrogens (tertiary/aromatic N) is 3. The summed E-state index contributed by atoms with van der Waals surface area (Å²) < 4.78 is 37.2. The molecule has 0 spiro atoms. The van der Waals surface area contributed by atoms with Gasteiger partial charge in [-0.1, -0.05) is 0 Å². The van der Waals surface area contributed by atoms with Crippen LogP contribution in [0.1, 0.15) is 29.5 Å². The van der Waals surface area contributed by atoms with Crippen molar-refractivity contribution >= 4 is 41.7 Å². The van der Waals surface area contributed by atoms with Crippen LogP contribution in [-0.4, -0.2) is 31.7 Å². The van der Waals surface area contributed by atoms with E-state index < -0.39 is 18.0 Å². The Morgan fingerprint density at radius 2 is 1.91 bits per heavy atom. The van der Waals surface area contributed by atoms with E-state index in [0.29, 0.717) is 17.5 Å². The lowest BCUT2D eigenvalue weighted by molar-refractivity contribution is -0.384. The number of fused-ring (bicyclic) bond motifs is 2. The number of halogens is 2. The van der Waals surface area contributed by atoms with Gasteiger partial charge in [0.05, 0.1) is 16.0 Å². The van der Waals surface area contributed by atoms with Crippen LogP contribution in [0.2, 0.25) is 0 Å². The van der Waals surface area contributed by atoms with Crippen LogP contribution in [0.15, 0.2) is 44.5 Å². The maximum absolute atomic E-state index is 13.4. The Morgan fingerprint density at radius 1 is 1.18 bits per heavy atom. The van der Waals surface area contributed by atoms with Crippen molar-refractivity contribution in [3.8, 4) is 5.75 Å². The molecular weight excluding hydrogens is 435 g/mol. The topological polar surface area (TPSA) is 98.2 Å². The molecule has 5 rings (SSSR count). The van der Waals surface area contributed by atoms with Crippen LogP contribution in [0.4, 0.5) is 25.7 Å². The molecule has 1 aromatic heterocycles. The van der Waals surface area contributed by atoms with Crippen LogP contribution >= 0.6 is 0 Å². The molecular formula is C22H18BF2N3O5. The lowest BCUT2D eigenvalue weighted by Gasteiger charge is -2.37. The van der Waals surface area contributed by atoms with Crippen LogP contribution in [0.25, 0.3) is 11.0 Å². The number of nitro benzene ring substituents is 1. The first-order chi connectivity index (χ1) is 15.9. The molecule has 33 heavy (non-hydrogen) atoms. The second-order valence-electron chi connectivity index (χ2n) is 7.98. The molecule has 3 heterocycles. The van der Waals surface area contributed by atoms with E-state index in [1.807, 2.05) is 0 Å². The van der Waals surface area contributed by atoms with E-state index in [9.17, 15) is 23.5 Å². The van der Waals surface area contributed by atoms with Crippen LogP contribution in [-0.2, 0) is 12.8 Å². The van der Waals surface area contributed by atoms with E-state index in [2.05, 4.69) is 9.89 Å². The number of benzene rings is 2. The third kappa shape index (κ3) is 3.83. The minimum absolute atomic E-state index is 0.117. The molecule has 2 aliphatic rings. The summed E-state index contributed by atoms with van der Waals surface area (Å²) in [7, 11) is -3.15. The van der Waals surface area contributed by atoms with Crippen molar-refractivity contribution in [1.29, 1.82) is 0 Å². The van der Waals surface area contributed by atoms with Crippen LogP contribution in [0, 0.1) is 10.1 Å². The summed E-state index contributed by atoms with van der Waals surface area (Å²) >= 11 is 0. The molecule has 0 saturated heterocycles. The van der Waals surface area contributed by atoms with Gasteiger partial charge in [0, 0.05) is 42.7 Å². The molecule has 0 fully saturated rings. The second kappa shape index (κ2) is 8.30. The minimum atomic E-state index is -3.15. The third-order valence-corrected chi connectivity index (χ3v) is 5.99. The van der Waals surface area contributed by atoms with Crippen LogP contribution in [0.5, 0.6) is 5.75 Å². The van der Waals surface area contributed by atoms with Crippen molar-refractivity contribution in [2.45, 2.75) is 25.7 Å². The Labute approximate surface area is 186 Å². The molecule has 0 aliphatic carbocycles. The normalized spacial score (nSPS) is 15.0. The zero-order valence-electron chi connectivity index (χ0n) is 17.4. The summed E-state index contributed by atoms with van der Waals surface area (Å²) in [6, 6.07) is 7.07. The van der Waals surface area contributed by atoms with Crippen LogP contribution in [0.3, 0.4) is 0 Å². The number of non-ortho nitro benzene ring substituents is 1. The summed E-state index contributed by atoms with van der Waals surface area (Å²) in [5.74, 6) is -0.274. The summed E-state index contributed by atoms with van der Waals surface area (Å²) in [4.78, 5) is 29.5. The summed E-state index contributed by atoms with van der Waals surface area (Å²) in [6.07, 6.45) is 4.41. The van der Waals surface area contributed by atoms with Gasteiger partial charge in [0.15, 0.2) is 0 Å². The number of hydrogen-bond donors (Lipinski definition) is 0. The number of rotatable bonds is 5. The Kier molecular flexibility index (Phi) is 5.31. The van der Waals surface area contributed by atoms with Crippen LogP contribution < -0.4 is 15.2 Å². The maximum atomic E-state index is 13.4. The van der Waals surface area contributed by atoms with Crippen molar-refractivity contribution in [1.82, 2.24) is 0 Å². The van der Waals surface area contributed by atoms with E-state index in [1.54, 1.807) is 6.07 Å². The highest BCUT2D eigenvalue weighted by atomic mass is 19.2. The molecule has 0 saturated carbocycles. The Balaban J connectivity index is 1.67. The molecule has 0 radical (unpaired) electrons. The smallest absolute Gasteiger partial charge is 0.504 e. The molecule has 0 unspecified atom stereocenters. The van der Waals surface area contributed by atoms with Gasteiger partial charge in [0.2, 0.25) is 0 Å². The highest BCUT2D eigenvalue weighted by Crippen LogP contribution is 2.42. The first-order valence-corrected chi connectivity index (χ1v) is 10.6. The molecule has 11 heteroatoms. The van der Waals surface area contributed by atoms with Crippen molar-refractivity contribution in [2.75, 3.05) is 18.0 Å². The van der Waals surface area contributed by atoms with Gasteiger partial charge in [-0.3, -0.25) is 15.1 Å². The third-order valence-electron chi connectivity index (χ3n) is 5.99. The largest absolute Gasteiger partial charge is 0.796 e. The first-order valence-electron chi connectivity index (χ1n) is 10.6. The van der Waals surface area contributed by atoms with Gasteiger partial charge in [0.1, 0.15) is 16.9 Å². The maximum Gasteiger partial charge on any atom is 0.796 e. The molecule has 2 aromatic carbocycles. The minimum Gasteiger partial charge on any atom is -0.504 e. The average molecular weight is 453 g/mol. The van der Waals surface area contributed by atoms with E-state index in [1.165, 1.54) is 24.3 Å². The SMILES string of the molecule is O=c1oc2c3c4c(cc2c(OB(F)F)c1C=Nc1ccc([N+](=O)[O-])cc1)CCCN4CCC3. The van der Waals surface area contributed by atoms with Crippen molar-refractivity contribution in [2.24, 2.45) is 4.99 Å². The Bertz CT molecular complexity index is 1340. The predicted molar refractivity (Wildman–Crippen MR) is 120 cm³/mol. The van der Waals surface area contributed by atoms with Gasteiger partial charge in [-0.15, -0.1) is 0 Å². The van der Waals surface area contributed by atoms with E-state index in [-0.39, 0.29) is 22.6 Å². The fourth-order valence-electron chi connectivity index (χ4n) is 4.63. The molecule has 3 aromatic rings. The Morgan fingerprint density at radius 3 is 2.61 bits per heavy atom. The van der Waals surface area contributed by atoms with E-state index >= 15 is 0 Å². The van der Waals surface area contributed by atoms with E-state index in [4.69, 9.17) is 9.07 Å². The van der Waals surface area contributed by atoms with Gasteiger partial charge in [0.25, 0.3) is 5.69 Å². The predicted octanol–water partition coefficient (Wildman–Crippen LogP) is 4.45. The summed E-state index contributed by atoms with van der Waals surface area (Å²) in [5, 5.41) is 11.1. The van der Waals surface area contributed by atoms with Gasteiger partial charge >= 0.3 is 13.1 Å². The highest BCUT2D eigenvalue weighted by molar-refractivity contribution is 6.36. The van der Waals surface area contributed by atoms with E-state index in [0.717, 1.165) is 55.4 Å². The number of hydrogen-bond acceptors (Lipinski definition) is 7. The number of anilines is 1. The summed E-state index contributed by atoms with van der Waals surface area (Å²) in [5.41, 5.74) is 2.29. The monoisotopic (exact) mass is 453 g/mol. The number of aliphatic imine (C=N–C) groups is 1. The number of aryl methyl sites for hydroxylation is 2. The van der Waals surface area contributed by atoms with Crippen molar-refractivity contribution in [3.05, 3.63) is 67.6 Å². The Hall–Kier alpha value is -3.76. The van der Waals surface area contributed by atoms with Crippen molar-refractivity contribution in [3.63, 3.8) is 0 Å². The lowest BCUT2D eigenvalue weighted by atomic mass is 9.89. The molecule has 2 aliphatic heterocycles. The van der Waals surface area contributed by atoms with Gasteiger partial charge in [-0.25, -0.2) is 13.4 Å². The molecule has 168 valence electrons. The second-order valence-corrected chi connectivity index (χ2v) is 7.98. The fourth-order valence-corrected chi connectivity index (χ4v) is 4.63. The quantitative estimate of drug-likeness (QED) is 0.186. The number of nitro groups is 1. The lowest BCUT2D eigenvalue weighted by Crippen LogP contribution is -2.34. The van der Waals surface area contributed by atoms with Gasteiger partial charge in [-0.2, -0.15) is 0 Å². The zero-order valence-corrected chi connectivity index (χ0v) is 17.4. The first kappa shape index (κ1) is 21.1. The molecule has 0 atom stereocenters. The standard InChI is InChI=1S/C22H18BF2N3O5/c24-23(25)33-21-17-11-13-3-1-9-27-10-2-4-16(19(13)27)20(17)32-22(29)18(21)12-26-14-5-7-15(8-6-14)28(30)31/h5-8,11-12H,1-4,9-10H2. The van der Waals surface area contributed by atoms with Gasteiger partial charge < -0.3 is 14.0 Å². The van der Waals surface area contributed by atoms with Gasteiger partial charge in [-0.05, 0) is 49.4 Å².